The summed E-state index contributed by atoms with van der Waals surface area (Å²) in [5.41, 5.74) is 0. The minimum absolute atomic E-state index is 0. The maximum atomic E-state index is 12.6. The molecule has 1 N–H and O–H groups in total. The van der Waals surface area contributed by atoms with Crippen LogP contribution in [0.25, 0.3) is 0 Å². The summed E-state index contributed by atoms with van der Waals surface area (Å²) >= 11 is 0. The summed E-state index contributed by atoms with van der Waals surface area (Å²) in [6.45, 7) is 7.21. The summed E-state index contributed by atoms with van der Waals surface area (Å²) in [6, 6.07) is 0.0221. The molecular weight excluding hydrogens is 309 g/mol. The molecule has 21 heavy (non-hydrogen) atoms. The Morgan fingerprint density at radius 1 is 1.24 bits per heavy atom. The fraction of sp³-hybridized carbons (Fsp3) is 0.933. The van der Waals surface area contributed by atoms with E-state index in [2.05, 4.69) is 29.0 Å². The van der Waals surface area contributed by atoms with Crippen molar-refractivity contribution in [3.05, 3.63) is 0 Å². The molecule has 1 aliphatic rings. The molecule has 6 heteroatoms. The maximum Gasteiger partial charge on any atom is 0.240 e. The number of hydrogen-bond acceptors (Lipinski definition) is 3. The van der Waals surface area contributed by atoms with Crippen LogP contribution in [0.4, 0.5) is 0 Å². The minimum atomic E-state index is 0. The van der Waals surface area contributed by atoms with Gasteiger partial charge in [0.05, 0.1) is 6.04 Å². The summed E-state index contributed by atoms with van der Waals surface area (Å²) in [4.78, 5) is 16.7. The molecule has 4 nitrogen and oxygen atoms in total. The van der Waals surface area contributed by atoms with Crippen molar-refractivity contribution in [2.24, 2.45) is 11.8 Å². The van der Waals surface area contributed by atoms with Crippen molar-refractivity contribution in [3.63, 3.8) is 0 Å². The number of piperidine rings is 1. The van der Waals surface area contributed by atoms with Crippen LogP contribution in [0.5, 0.6) is 0 Å². The summed E-state index contributed by atoms with van der Waals surface area (Å²) in [7, 11) is 6.01. The lowest BCUT2D eigenvalue weighted by Crippen LogP contribution is -2.51. The Morgan fingerprint density at radius 2 is 1.76 bits per heavy atom. The molecule has 0 aromatic heterocycles. The Labute approximate surface area is 142 Å². The zero-order valence-corrected chi connectivity index (χ0v) is 15.7. The zero-order chi connectivity index (χ0) is 14.4. The van der Waals surface area contributed by atoms with Gasteiger partial charge >= 0.3 is 0 Å². The summed E-state index contributed by atoms with van der Waals surface area (Å²) < 4.78 is 0. The number of carbonyl (C=O) groups excluding carboxylic acids is 1. The first-order valence-electron chi connectivity index (χ1n) is 7.57. The minimum Gasteiger partial charge on any atom is -0.341 e. The first-order chi connectivity index (χ1) is 8.97. The van der Waals surface area contributed by atoms with E-state index >= 15 is 0 Å². The third-order valence-electron chi connectivity index (χ3n) is 4.17. The fourth-order valence-electron chi connectivity index (χ4n) is 3.08. The van der Waals surface area contributed by atoms with E-state index in [1.807, 2.05) is 21.1 Å². The highest BCUT2D eigenvalue weighted by Gasteiger charge is 2.31. The molecule has 1 aliphatic heterocycles. The molecule has 0 aliphatic carbocycles. The van der Waals surface area contributed by atoms with Gasteiger partial charge in [-0.25, -0.2) is 0 Å². The van der Waals surface area contributed by atoms with Gasteiger partial charge < -0.3 is 10.2 Å². The van der Waals surface area contributed by atoms with Crippen LogP contribution in [0, 0.1) is 11.8 Å². The van der Waals surface area contributed by atoms with Gasteiger partial charge in [-0.3, -0.25) is 9.69 Å². The Bertz CT molecular complexity index is 272. The van der Waals surface area contributed by atoms with Crippen molar-refractivity contribution in [3.8, 4) is 0 Å². The van der Waals surface area contributed by atoms with Gasteiger partial charge in [0.25, 0.3) is 0 Å². The van der Waals surface area contributed by atoms with Gasteiger partial charge in [0.2, 0.25) is 5.91 Å². The molecule has 0 aromatic carbocycles. The molecule has 1 saturated heterocycles. The summed E-state index contributed by atoms with van der Waals surface area (Å²) in [6.07, 6.45) is 3.55. The Morgan fingerprint density at radius 3 is 2.14 bits per heavy atom. The number of nitrogens with zero attached hydrogens (tertiary/aromatic N) is 2. The first-order valence-corrected chi connectivity index (χ1v) is 7.57. The van der Waals surface area contributed by atoms with E-state index in [9.17, 15) is 4.79 Å². The second-order valence-corrected chi connectivity index (χ2v) is 6.31. The van der Waals surface area contributed by atoms with Crippen molar-refractivity contribution in [2.75, 3.05) is 40.8 Å². The monoisotopic (exact) mass is 341 g/mol. The number of likely N-dealkylation sites (tertiary alicyclic amines) is 1. The van der Waals surface area contributed by atoms with Crippen molar-refractivity contribution in [2.45, 2.75) is 39.2 Å². The molecule has 0 bridgehead atoms. The van der Waals surface area contributed by atoms with E-state index in [-0.39, 0.29) is 30.9 Å². The summed E-state index contributed by atoms with van der Waals surface area (Å²) in [5.74, 6) is 1.46. The lowest BCUT2D eigenvalue weighted by Gasteiger charge is -2.37. The molecule has 1 heterocycles. The molecule has 1 fully saturated rings. The second-order valence-electron chi connectivity index (χ2n) is 6.31. The number of nitrogens with one attached hydrogen (secondary N) is 1. The quantitative estimate of drug-likeness (QED) is 0.804. The van der Waals surface area contributed by atoms with Gasteiger partial charge in [0.1, 0.15) is 0 Å². The third-order valence-corrected chi connectivity index (χ3v) is 4.17. The highest BCUT2D eigenvalue weighted by Crippen LogP contribution is 2.22. The fourth-order valence-corrected chi connectivity index (χ4v) is 3.08. The van der Waals surface area contributed by atoms with Crippen LogP contribution in [0.3, 0.4) is 0 Å². The Hall–Kier alpha value is -0.0300. The molecule has 128 valence electrons. The van der Waals surface area contributed by atoms with Crippen molar-refractivity contribution in [1.82, 2.24) is 15.1 Å². The van der Waals surface area contributed by atoms with E-state index in [0.29, 0.717) is 11.8 Å². The van der Waals surface area contributed by atoms with Crippen molar-refractivity contribution >= 4 is 30.7 Å². The molecule has 1 rings (SSSR count). The van der Waals surface area contributed by atoms with Crippen LogP contribution < -0.4 is 5.32 Å². The number of halogens is 2. The number of amides is 1. The van der Waals surface area contributed by atoms with Crippen LogP contribution in [0.1, 0.15) is 33.1 Å². The summed E-state index contributed by atoms with van der Waals surface area (Å²) in [5, 5.41) is 3.21. The van der Waals surface area contributed by atoms with Crippen molar-refractivity contribution < 1.29 is 4.79 Å². The van der Waals surface area contributed by atoms with Gasteiger partial charge in [-0.1, -0.05) is 13.8 Å². The standard InChI is InChI=1S/C15H31N3O.2ClH/c1-12(2)14(17(4)5)15(19)18-10-7-13(8-11-18)6-9-16-3;;/h12-14,16H,6-11H2,1-5H3;2*1H/t14-;;/m1../s1. The number of hydrogen-bond donors (Lipinski definition) is 1. The number of carbonyl (C=O) groups is 1. The maximum absolute atomic E-state index is 12.6. The molecule has 0 aromatic rings. The van der Waals surface area contributed by atoms with E-state index in [1.165, 1.54) is 6.42 Å². The zero-order valence-electron chi connectivity index (χ0n) is 14.1. The van der Waals surface area contributed by atoms with Gasteiger partial charge in [0.15, 0.2) is 0 Å². The lowest BCUT2D eigenvalue weighted by molar-refractivity contribution is -0.139. The SMILES string of the molecule is CNCCC1CCN(C(=O)[C@@H](C(C)C)N(C)C)CC1.Cl.Cl. The van der Waals surface area contributed by atoms with E-state index in [0.717, 1.165) is 38.4 Å². The van der Waals surface area contributed by atoms with Crippen LogP contribution in [0.2, 0.25) is 0 Å². The Balaban J connectivity index is 0. The lowest BCUT2D eigenvalue weighted by atomic mass is 9.92. The van der Waals surface area contributed by atoms with Crippen LogP contribution >= 0.6 is 24.8 Å². The third kappa shape index (κ3) is 7.18. The van der Waals surface area contributed by atoms with E-state index in [1.54, 1.807) is 0 Å². The molecule has 0 unspecified atom stereocenters. The molecule has 1 atom stereocenters. The second kappa shape index (κ2) is 11.5. The van der Waals surface area contributed by atoms with Gasteiger partial charge in [-0.15, -0.1) is 24.8 Å². The molecule has 0 saturated carbocycles. The molecule has 1 amide bonds. The van der Waals surface area contributed by atoms with Crippen LogP contribution in [-0.4, -0.2) is 62.5 Å². The average Bonchev–Trinajstić information content (AvgIpc) is 2.36. The average molecular weight is 342 g/mol. The van der Waals surface area contributed by atoms with E-state index < -0.39 is 0 Å². The number of likely N-dealkylation sites (N-methyl/N-ethyl adjacent to an activating group) is 1. The predicted octanol–water partition coefficient (Wildman–Crippen LogP) is 2.26. The van der Waals surface area contributed by atoms with Crippen LogP contribution in [-0.2, 0) is 4.79 Å². The largest absolute Gasteiger partial charge is 0.341 e. The normalized spacial score (nSPS) is 17.4. The molecule has 0 spiro atoms. The highest BCUT2D eigenvalue weighted by molar-refractivity contribution is 5.85. The van der Waals surface area contributed by atoms with Gasteiger partial charge in [-0.2, -0.15) is 0 Å². The van der Waals surface area contributed by atoms with Crippen molar-refractivity contribution in [1.29, 1.82) is 0 Å². The van der Waals surface area contributed by atoms with Gasteiger partial charge in [-0.05, 0) is 58.8 Å². The van der Waals surface area contributed by atoms with Gasteiger partial charge in [0, 0.05) is 13.1 Å². The highest BCUT2D eigenvalue weighted by atomic mass is 35.5. The van der Waals surface area contributed by atoms with E-state index in [4.69, 9.17) is 0 Å². The number of rotatable bonds is 6. The Kier molecular flexibility index (Phi) is 12.8. The smallest absolute Gasteiger partial charge is 0.240 e. The molecular formula is C15H33Cl2N3O. The predicted molar refractivity (Wildman–Crippen MR) is 94.7 cm³/mol. The molecule has 0 radical (unpaired) electrons. The topological polar surface area (TPSA) is 35.6 Å². The first kappa shape index (κ1) is 23.2. The van der Waals surface area contributed by atoms with Crippen LogP contribution in [0.15, 0.2) is 0 Å².